The van der Waals surface area contributed by atoms with Gasteiger partial charge in [-0.2, -0.15) is 0 Å². The Morgan fingerprint density at radius 1 is 1.33 bits per heavy atom. The van der Waals surface area contributed by atoms with E-state index in [0.29, 0.717) is 18.7 Å². The van der Waals surface area contributed by atoms with Gasteiger partial charge in [-0.25, -0.2) is 4.79 Å². The summed E-state index contributed by atoms with van der Waals surface area (Å²) in [5, 5.41) is 11.5. The van der Waals surface area contributed by atoms with E-state index in [9.17, 15) is 9.59 Å². The van der Waals surface area contributed by atoms with Crippen LogP contribution in [-0.4, -0.2) is 29.7 Å². The zero-order chi connectivity index (χ0) is 13.0. The summed E-state index contributed by atoms with van der Waals surface area (Å²) >= 11 is 0. The summed E-state index contributed by atoms with van der Waals surface area (Å²) in [6, 6.07) is 6.17. The normalized spacial score (nSPS) is 19.2. The maximum absolute atomic E-state index is 11.9. The molecule has 2 N–H and O–H groups in total. The van der Waals surface area contributed by atoms with Crippen LogP contribution in [0.3, 0.4) is 0 Å². The van der Waals surface area contributed by atoms with Gasteiger partial charge in [0.05, 0.1) is 5.56 Å². The van der Waals surface area contributed by atoms with Crippen LogP contribution in [0, 0.1) is 0 Å². The number of aromatic carboxylic acids is 1. The SMILES string of the molecule is O=C(O)c1cccc(NC(=O)C2CCCCO2)c1. The molecule has 1 atom stereocenters. The third-order valence-corrected chi connectivity index (χ3v) is 2.85. The zero-order valence-corrected chi connectivity index (χ0v) is 9.89. The molecular weight excluding hydrogens is 234 g/mol. The molecule has 1 fully saturated rings. The third-order valence-electron chi connectivity index (χ3n) is 2.85. The molecule has 1 heterocycles. The number of ether oxygens (including phenoxy) is 1. The van der Waals surface area contributed by atoms with Gasteiger partial charge < -0.3 is 15.2 Å². The van der Waals surface area contributed by atoms with Crippen LogP contribution in [0.15, 0.2) is 24.3 Å². The van der Waals surface area contributed by atoms with Gasteiger partial charge in [-0.15, -0.1) is 0 Å². The number of hydrogen-bond donors (Lipinski definition) is 2. The number of carboxylic acid groups (broad SMARTS) is 1. The number of benzene rings is 1. The minimum Gasteiger partial charge on any atom is -0.478 e. The summed E-state index contributed by atoms with van der Waals surface area (Å²) in [5.74, 6) is -1.22. The number of carbonyl (C=O) groups excluding carboxylic acids is 1. The van der Waals surface area contributed by atoms with Crippen LogP contribution in [0.5, 0.6) is 0 Å². The molecule has 18 heavy (non-hydrogen) atoms. The molecule has 1 aliphatic rings. The Kier molecular flexibility index (Phi) is 3.94. The Balaban J connectivity index is 2.02. The van der Waals surface area contributed by atoms with Crippen LogP contribution in [0.25, 0.3) is 0 Å². The molecule has 2 rings (SSSR count). The lowest BCUT2D eigenvalue weighted by Crippen LogP contribution is -2.33. The number of carbonyl (C=O) groups is 2. The Morgan fingerprint density at radius 3 is 2.83 bits per heavy atom. The lowest BCUT2D eigenvalue weighted by molar-refractivity contribution is -0.129. The summed E-state index contributed by atoms with van der Waals surface area (Å²) in [6.45, 7) is 0.604. The number of hydrogen-bond acceptors (Lipinski definition) is 3. The molecule has 96 valence electrons. The molecule has 0 aromatic heterocycles. The van der Waals surface area contributed by atoms with Gasteiger partial charge in [0.2, 0.25) is 0 Å². The maximum atomic E-state index is 11.9. The maximum Gasteiger partial charge on any atom is 0.335 e. The van der Waals surface area contributed by atoms with E-state index in [-0.39, 0.29) is 11.5 Å². The molecule has 1 amide bonds. The van der Waals surface area contributed by atoms with Gasteiger partial charge >= 0.3 is 5.97 Å². The Morgan fingerprint density at radius 2 is 2.17 bits per heavy atom. The van der Waals surface area contributed by atoms with Crippen molar-refractivity contribution in [1.82, 2.24) is 0 Å². The first-order chi connectivity index (χ1) is 8.66. The van der Waals surface area contributed by atoms with Gasteiger partial charge in [0.1, 0.15) is 6.10 Å². The molecule has 5 heteroatoms. The number of nitrogens with one attached hydrogen (secondary N) is 1. The summed E-state index contributed by atoms with van der Waals surface area (Å²) in [7, 11) is 0. The molecule has 0 radical (unpaired) electrons. The molecule has 1 saturated heterocycles. The number of amides is 1. The molecule has 0 saturated carbocycles. The molecular formula is C13H15NO4. The van der Waals surface area contributed by atoms with Crippen molar-refractivity contribution in [2.45, 2.75) is 25.4 Å². The highest BCUT2D eigenvalue weighted by Gasteiger charge is 2.21. The van der Waals surface area contributed by atoms with Crippen LogP contribution in [0.2, 0.25) is 0 Å². The monoisotopic (exact) mass is 249 g/mol. The number of carboxylic acids is 1. The summed E-state index contributed by atoms with van der Waals surface area (Å²) in [6.07, 6.45) is 2.25. The van der Waals surface area contributed by atoms with Gasteiger partial charge in [0.15, 0.2) is 0 Å². The predicted molar refractivity (Wildman–Crippen MR) is 65.6 cm³/mol. The highest BCUT2D eigenvalue weighted by Crippen LogP contribution is 2.16. The first-order valence-corrected chi connectivity index (χ1v) is 5.92. The van der Waals surface area contributed by atoms with E-state index >= 15 is 0 Å². The van der Waals surface area contributed by atoms with Gasteiger partial charge in [0.25, 0.3) is 5.91 Å². The number of anilines is 1. The summed E-state index contributed by atoms with van der Waals surface area (Å²) in [5.41, 5.74) is 0.631. The topological polar surface area (TPSA) is 75.6 Å². The average Bonchev–Trinajstić information content (AvgIpc) is 2.40. The van der Waals surface area contributed by atoms with E-state index in [1.807, 2.05) is 0 Å². The van der Waals surface area contributed by atoms with Crippen molar-refractivity contribution >= 4 is 17.6 Å². The van der Waals surface area contributed by atoms with E-state index in [2.05, 4.69) is 5.32 Å². The first-order valence-electron chi connectivity index (χ1n) is 5.92. The quantitative estimate of drug-likeness (QED) is 0.857. The second-order valence-corrected chi connectivity index (χ2v) is 4.23. The van der Waals surface area contributed by atoms with Crippen LogP contribution in [-0.2, 0) is 9.53 Å². The van der Waals surface area contributed by atoms with E-state index < -0.39 is 12.1 Å². The largest absolute Gasteiger partial charge is 0.478 e. The predicted octanol–water partition coefficient (Wildman–Crippen LogP) is 1.89. The van der Waals surface area contributed by atoms with E-state index in [1.165, 1.54) is 12.1 Å². The fraction of sp³-hybridized carbons (Fsp3) is 0.385. The molecule has 1 aliphatic heterocycles. The highest BCUT2D eigenvalue weighted by atomic mass is 16.5. The molecule has 5 nitrogen and oxygen atoms in total. The number of rotatable bonds is 3. The summed E-state index contributed by atoms with van der Waals surface area (Å²) in [4.78, 5) is 22.7. The van der Waals surface area contributed by atoms with Crippen LogP contribution in [0.4, 0.5) is 5.69 Å². The fourth-order valence-electron chi connectivity index (χ4n) is 1.90. The smallest absolute Gasteiger partial charge is 0.335 e. The standard InChI is InChI=1S/C13H15NO4/c15-12(11-6-1-2-7-18-11)14-10-5-3-4-9(8-10)13(16)17/h3-5,8,11H,1-2,6-7H2,(H,14,15)(H,16,17). The Bertz CT molecular complexity index is 452. The average molecular weight is 249 g/mol. The second-order valence-electron chi connectivity index (χ2n) is 4.23. The summed E-state index contributed by atoms with van der Waals surface area (Å²) < 4.78 is 5.36. The second kappa shape index (κ2) is 5.64. The van der Waals surface area contributed by atoms with Crippen LogP contribution in [0.1, 0.15) is 29.6 Å². The zero-order valence-electron chi connectivity index (χ0n) is 9.89. The minimum absolute atomic E-state index is 0.150. The fourth-order valence-corrected chi connectivity index (χ4v) is 1.90. The Hall–Kier alpha value is -1.88. The van der Waals surface area contributed by atoms with Gasteiger partial charge in [-0.3, -0.25) is 4.79 Å². The van der Waals surface area contributed by atoms with Gasteiger partial charge in [0, 0.05) is 12.3 Å². The van der Waals surface area contributed by atoms with Crippen LogP contribution < -0.4 is 5.32 Å². The third kappa shape index (κ3) is 3.07. The van der Waals surface area contributed by atoms with Crippen molar-refractivity contribution in [3.8, 4) is 0 Å². The van der Waals surface area contributed by atoms with E-state index in [0.717, 1.165) is 12.8 Å². The molecule has 0 bridgehead atoms. The molecule has 1 unspecified atom stereocenters. The van der Waals surface area contributed by atoms with Crippen molar-refractivity contribution < 1.29 is 19.4 Å². The molecule has 1 aromatic rings. The lowest BCUT2D eigenvalue weighted by Gasteiger charge is -2.21. The van der Waals surface area contributed by atoms with Crippen molar-refractivity contribution in [2.75, 3.05) is 11.9 Å². The van der Waals surface area contributed by atoms with Crippen molar-refractivity contribution in [3.05, 3.63) is 29.8 Å². The molecule has 0 spiro atoms. The first kappa shape index (κ1) is 12.6. The molecule has 0 aliphatic carbocycles. The Labute approximate surface area is 105 Å². The van der Waals surface area contributed by atoms with Crippen molar-refractivity contribution in [1.29, 1.82) is 0 Å². The van der Waals surface area contributed by atoms with Gasteiger partial charge in [-0.1, -0.05) is 6.07 Å². The van der Waals surface area contributed by atoms with Gasteiger partial charge in [-0.05, 0) is 37.5 Å². The van der Waals surface area contributed by atoms with Crippen molar-refractivity contribution in [2.24, 2.45) is 0 Å². The molecule has 1 aromatic carbocycles. The minimum atomic E-state index is -1.01. The highest BCUT2D eigenvalue weighted by molar-refractivity contribution is 5.96. The van der Waals surface area contributed by atoms with E-state index in [4.69, 9.17) is 9.84 Å². The van der Waals surface area contributed by atoms with E-state index in [1.54, 1.807) is 12.1 Å². The lowest BCUT2D eigenvalue weighted by atomic mass is 10.1. The van der Waals surface area contributed by atoms with Crippen LogP contribution >= 0.6 is 0 Å². The van der Waals surface area contributed by atoms with Crippen molar-refractivity contribution in [3.63, 3.8) is 0 Å².